The molecule has 1 aliphatic rings. The molecule has 1 heterocycles. The summed E-state index contributed by atoms with van der Waals surface area (Å²) in [7, 11) is 0. The van der Waals surface area contributed by atoms with E-state index in [1.54, 1.807) is 12.1 Å². The molecule has 2 aromatic rings. The summed E-state index contributed by atoms with van der Waals surface area (Å²) in [6.45, 7) is 11.5. The number of rotatable bonds is 8. The van der Waals surface area contributed by atoms with Crippen LogP contribution < -0.4 is 10.6 Å². The molecular formula is C28H36F3IN4O3. The summed E-state index contributed by atoms with van der Waals surface area (Å²) in [6.07, 6.45) is -4.23. The summed E-state index contributed by atoms with van der Waals surface area (Å²) in [5.41, 5.74) is 0.417. The zero-order chi connectivity index (χ0) is 28.8. The second kappa shape index (κ2) is 13.3. The van der Waals surface area contributed by atoms with E-state index in [0.29, 0.717) is 25.2 Å². The molecule has 39 heavy (non-hydrogen) atoms. The van der Waals surface area contributed by atoms with Crippen LogP contribution in [0, 0.1) is 10.5 Å². The molecule has 1 aliphatic heterocycles. The number of amides is 2. The molecule has 2 aromatic carbocycles. The van der Waals surface area contributed by atoms with Crippen molar-refractivity contribution in [2.24, 2.45) is 0 Å². The molecule has 0 atom stereocenters. The fraction of sp³-hybridized carbons (Fsp3) is 0.500. The van der Waals surface area contributed by atoms with E-state index in [4.69, 9.17) is 4.74 Å². The Morgan fingerprint density at radius 2 is 1.67 bits per heavy atom. The molecule has 11 heteroatoms. The molecule has 0 unspecified atom stereocenters. The zero-order valence-corrected chi connectivity index (χ0v) is 24.9. The SMILES string of the molecule is Cc1ccc(C(=O)Nc2ccc(CN3CCN(CCCNC(=O)OC(C)(C)C)CC3)c(C(F)(F)F)c2)cc1I. The molecule has 214 valence electrons. The number of hydrogen-bond donors (Lipinski definition) is 2. The number of alkyl carbamates (subject to hydrolysis) is 1. The minimum atomic E-state index is -4.54. The van der Waals surface area contributed by atoms with Gasteiger partial charge in [0.1, 0.15) is 5.60 Å². The Balaban J connectivity index is 1.52. The highest BCUT2D eigenvalue weighted by Crippen LogP contribution is 2.35. The van der Waals surface area contributed by atoms with Gasteiger partial charge in [0.2, 0.25) is 0 Å². The Bertz CT molecular complexity index is 1160. The fourth-order valence-electron chi connectivity index (χ4n) is 4.21. The molecular weight excluding hydrogens is 624 g/mol. The van der Waals surface area contributed by atoms with Crippen molar-refractivity contribution in [2.45, 2.75) is 52.4 Å². The summed E-state index contributed by atoms with van der Waals surface area (Å²) in [5, 5.41) is 5.34. The van der Waals surface area contributed by atoms with Crippen LogP contribution in [0.2, 0.25) is 0 Å². The zero-order valence-electron chi connectivity index (χ0n) is 22.8. The van der Waals surface area contributed by atoms with Crippen molar-refractivity contribution in [1.29, 1.82) is 0 Å². The van der Waals surface area contributed by atoms with Crippen molar-refractivity contribution in [1.82, 2.24) is 15.1 Å². The van der Waals surface area contributed by atoms with Crippen LogP contribution in [0.5, 0.6) is 0 Å². The number of nitrogens with one attached hydrogen (secondary N) is 2. The van der Waals surface area contributed by atoms with Gasteiger partial charge in [-0.05, 0) is 98.6 Å². The predicted octanol–water partition coefficient (Wildman–Crippen LogP) is 5.90. The van der Waals surface area contributed by atoms with Crippen LogP contribution in [0.3, 0.4) is 0 Å². The van der Waals surface area contributed by atoms with Gasteiger partial charge in [-0.15, -0.1) is 0 Å². The molecule has 2 amide bonds. The van der Waals surface area contributed by atoms with Gasteiger partial charge in [-0.3, -0.25) is 9.69 Å². The first-order chi connectivity index (χ1) is 18.2. The Labute approximate surface area is 241 Å². The summed E-state index contributed by atoms with van der Waals surface area (Å²) >= 11 is 2.12. The third kappa shape index (κ3) is 9.95. The van der Waals surface area contributed by atoms with Crippen molar-refractivity contribution in [3.63, 3.8) is 0 Å². The van der Waals surface area contributed by atoms with Crippen molar-refractivity contribution in [3.05, 3.63) is 62.2 Å². The second-order valence-electron chi connectivity index (χ2n) is 10.7. The Hall–Kier alpha value is -2.38. The lowest BCUT2D eigenvalue weighted by atomic mass is 10.0. The number of ether oxygens (including phenoxy) is 1. The molecule has 1 saturated heterocycles. The molecule has 0 spiro atoms. The summed E-state index contributed by atoms with van der Waals surface area (Å²) in [5.74, 6) is -0.453. The molecule has 0 aromatic heterocycles. The maximum Gasteiger partial charge on any atom is 0.416 e. The minimum Gasteiger partial charge on any atom is -0.444 e. The van der Waals surface area contributed by atoms with Crippen molar-refractivity contribution >= 4 is 40.3 Å². The first kappa shape index (κ1) is 31.2. The molecule has 2 N–H and O–H groups in total. The average molecular weight is 661 g/mol. The number of piperazine rings is 1. The van der Waals surface area contributed by atoms with E-state index in [0.717, 1.165) is 41.3 Å². The van der Waals surface area contributed by atoms with Crippen molar-refractivity contribution < 1.29 is 27.5 Å². The third-order valence-corrected chi connectivity index (χ3v) is 7.45. The average Bonchev–Trinajstić information content (AvgIpc) is 2.83. The first-order valence-corrected chi connectivity index (χ1v) is 14.0. The maximum atomic E-state index is 13.9. The number of nitrogens with zero attached hydrogens (tertiary/aromatic N) is 2. The van der Waals surface area contributed by atoms with Crippen LogP contribution in [-0.2, 0) is 17.5 Å². The number of alkyl halides is 3. The topological polar surface area (TPSA) is 73.9 Å². The van der Waals surface area contributed by atoms with E-state index < -0.39 is 29.3 Å². The molecule has 3 rings (SSSR count). The quantitative estimate of drug-likeness (QED) is 0.273. The van der Waals surface area contributed by atoms with Gasteiger partial charge in [0.15, 0.2) is 0 Å². The number of halogens is 4. The predicted molar refractivity (Wildman–Crippen MR) is 154 cm³/mol. The number of aryl methyl sites for hydroxylation is 1. The molecule has 0 bridgehead atoms. The van der Waals surface area contributed by atoms with Crippen LogP contribution in [0.15, 0.2) is 36.4 Å². The number of hydrogen-bond acceptors (Lipinski definition) is 5. The Kier molecular flexibility index (Phi) is 10.6. The van der Waals surface area contributed by atoms with Gasteiger partial charge in [-0.2, -0.15) is 13.2 Å². The fourth-order valence-corrected chi connectivity index (χ4v) is 4.73. The Morgan fingerprint density at radius 1 is 1.00 bits per heavy atom. The largest absolute Gasteiger partial charge is 0.444 e. The van der Waals surface area contributed by atoms with Gasteiger partial charge in [-0.25, -0.2) is 4.79 Å². The standard InChI is InChI=1S/C28H36F3IN4O3/c1-19-6-7-20(16-24(19)32)25(37)34-22-9-8-21(23(17-22)28(29,30)31)18-36-14-12-35(13-15-36)11-5-10-33-26(38)39-27(2,3)4/h6-9,16-17H,5,10-15,18H2,1-4H3,(H,33,38)(H,34,37). The van der Waals surface area contributed by atoms with E-state index in [-0.39, 0.29) is 17.8 Å². The first-order valence-electron chi connectivity index (χ1n) is 12.9. The number of benzene rings is 2. The van der Waals surface area contributed by atoms with E-state index in [1.165, 1.54) is 12.1 Å². The number of carbonyl (C=O) groups is 2. The monoisotopic (exact) mass is 660 g/mol. The van der Waals surface area contributed by atoms with Gasteiger partial charge in [0.25, 0.3) is 5.91 Å². The van der Waals surface area contributed by atoms with Crippen molar-refractivity contribution in [3.8, 4) is 0 Å². The lowest BCUT2D eigenvalue weighted by molar-refractivity contribution is -0.138. The van der Waals surface area contributed by atoms with Crippen LogP contribution in [0.1, 0.15) is 54.2 Å². The van der Waals surface area contributed by atoms with E-state index >= 15 is 0 Å². The third-order valence-electron chi connectivity index (χ3n) is 6.29. The summed E-state index contributed by atoms with van der Waals surface area (Å²) in [6, 6.07) is 9.16. The van der Waals surface area contributed by atoms with Crippen LogP contribution in [-0.4, -0.2) is 66.7 Å². The number of anilines is 1. The lowest BCUT2D eigenvalue weighted by Crippen LogP contribution is -2.46. The van der Waals surface area contributed by atoms with Gasteiger partial charge in [0.05, 0.1) is 5.56 Å². The molecule has 1 fully saturated rings. The molecule has 0 saturated carbocycles. The smallest absolute Gasteiger partial charge is 0.416 e. The van der Waals surface area contributed by atoms with Crippen molar-refractivity contribution in [2.75, 3.05) is 44.6 Å². The molecule has 7 nitrogen and oxygen atoms in total. The van der Waals surface area contributed by atoms with Crippen LogP contribution in [0.25, 0.3) is 0 Å². The van der Waals surface area contributed by atoms with Crippen LogP contribution in [0.4, 0.5) is 23.7 Å². The lowest BCUT2D eigenvalue weighted by Gasteiger charge is -2.35. The summed E-state index contributed by atoms with van der Waals surface area (Å²) in [4.78, 5) is 28.6. The van der Waals surface area contributed by atoms with E-state index in [1.807, 2.05) is 38.7 Å². The highest BCUT2D eigenvalue weighted by molar-refractivity contribution is 14.1. The van der Waals surface area contributed by atoms with Gasteiger partial charge >= 0.3 is 12.3 Å². The minimum absolute atomic E-state index is 0.108. The van der Waals surface area contributed by atoms with Gasteiger partial charge in [-0.1, -0.05) is 12.1 Å². The maximum absolute atomic E-state index is 13.9. The normalized spacial score (nSPS) is 15.2. The molecule has 0 radical (unpaired) electrons. The van der Waals surface area contributed by atoms with Gasteiger partial charge in [0, 0.05) is 54.1 Å². The second-order valence-corrected chi connectivity index (χ2v) is 11.8. The van der Waals surface area contributed by atoms with E-state index in [2.05, 4.69) is 38.1 Å². The highest BCUT2D eigenvalue weighted by atomic mass is 127. The Morgan fingerprint density at radius 3 is 2.28 bits per heavy atom. The highest BCUT2D eigenvalue weighted by Gasteiger charge is 2.34. The van der Waals surface area contributed by atoms with Crippen LogP contribution >= 0.6 is 22.6 Å². The summed E-state index contributed by atoms with van der Waals surface area (Å²) < 4.78 is 48.0. The number of carbonyl (C=O) groups excluding carboxylic acids is 2. The molecule has 0 aliphatic carbocycles. The van der Waals surface area contributed by atoms with Gasteiger partial charge < -0.3 is 20.3 Å². The van der Waals surface area contributed by atoms with E-state index in [9.17, 15) is 22.8 Å².